The third-order valence-electron chi connectivity index (χ3n) is 2.85. The molecule has 0 radical (unpaired) electrons. The third kappa shape index (κ3) is 3.70. The summed E-state index contributed by atoms with van der Waals surface area (Å²) in [6.07, 6.45) is 0. The smallest absolute Gasteiger partial charge is 0.243 e. The monoisotopic (exact) mass is 284 g/mol. The van der Waals surface area contributed by atoms with E-state index in [-0.39, 0.29) is 5.41 Å². The molecule has 0 amide bonds. The fraction of sp³-hybridized carbons (Fsp3) is 0.571. The quantitative estimate of drug-likeness (QED) is 0.868. The summed E-state index contributed by atoms with van der Waals surface area (Å²) in [5.74, 6) is 0. The first-order valence-corrected chi connectivity index (χ1v) is 7.72. The molecule has 0 fully saturated rings. The lowest BCUT2D eigenvalue weighted by Gasteiger charge is -2.27. The van der Waals surface area contributed by atoms with Crippen molar-refractivity contribution in [2.75, 3.05) is 19.3 Å². The van der Waals surface area contributed by atoms with E-state index in [0.717, 1.165) is 0 Å². The standard InChI is InChI=1S/C14H24N2O2S/c1-10-7-12(15)8-11(2)13(10)19(17,18)16(6)9-14(3,4)5/h7-8H,9,15H2,1-6H3. The maximum atomic E-state index is 12.6. The molecular weight excluding hydrogens is 260 g/mol. The Morgan fingerprint density at radius 1 is 1.16 bits per heavy atom. The van der Waals surface area contributed by atoms with Gasteiger partial charge in [-0.05, 0) is 42.5 Å². The second-order valence-corrected chi connectivity index (χ2v) is 8.29. The lowest BCUT2D eigenvalue weighted by atomic mass is 9.97. The van der Waals surface area contributed by atoms with Crippen molar-refractivity contribution in [3.63, 3.8) is 0 Å². The van der Waals surface area contributed by atoms with E-state index in [0.29, 0.717) is 28.3 Å². The lowest BCUT2D eigenvalue weighted by molar-refractivity contribution is 0.310. The van der Waals surface area contributed by atoms with Crippen molar-refractivity contribution in [3.8, 4) is 0 Å². The molecule has 0 aromatic heterocycles. The number of hydrogen-bond donors (Lipinski definition) is 1. The van der Waals surface area contributed by atoms with Gasteiger partial charge in [0.1, 0.15) is 0 Å². The average molecular weight is 284 g/mol. The molecule has 0 aliphatic heterocycles. The Balaban J connectivity index is 3.29. The van der Waals surface area contributed by atoms with Crippen LogP contribution in [-0.2, 0) is 10.0 Å². The van der Waals surface area contributed by atoms with E-state index in [1.165, 1.54) is 4.31 Å². The van der Waals surface area contributed by atoms with Gasteiger partial charge < -0.3 is 5.73 Å². The zero-order chi connectivity index (χ0) is 15.0. The molecule has 0 unspecified atom stereocenters. The first-order valence-electron chi connectivity index (χ1n) is 6.28. The molecular formula is C14H24N2O2S. The number of nitrogen functional groups attached to an aromatic ring is 1. The minimum atomic E-state index is -3.47. The summed E-state index contributed by atoms with van der Waals surface area (Å²) in [7, 11) is -1.85. The number of aryl methyl sites for hydroxylation is 2. The van der Waals surface area contributed by atoms with Crippen LogP contribution in [0.5, 0.6) is 0 Å². The summed E-state index contributed by atoms with van der Waals surface area (Å²) >= 11 is 0. The fourth-order valence-corrected chi connectivity index (χ4v) is 4.10. The van der Waals surface area contributed by atoms with E-state index in [1.54, 1.807) is 33.0 Å². The Hall–Kier alpha value is -1.07. The van der Waals surface area contributed by atoms with Crippen molar-refractivity contribution in [2.24, 2.45) is 5.41 Å². The van der Waals surface area contributed by atoms with Crippen LogP contribution < -0.4 is 5.73 Å². The minimum Gasteiger partial charge on any atom is -0.399 e. The Kier molecular flexibility index (Phi) is 4.32. The van der Waals surface area contributed by atoms with E-state index >= 15 is 0 Å². The molecule has 0 atom stereocenters. The van der Waals surface area contributed by atoms with Gasteiger partial charge >= 0.3 is 0 Å². The zero-order valence-corrected chi connectivity index (χ0v) is 13.4. The summed E-state index contributed by atoms with van der Waals surface area (Å²) in [6.45, 7) is 10.1. The SMILES string of the molecule is Cc1cc(N)cc(C)c1S(=O)(=O)N(C)CC(C)(C)C. The van der Waals surface area contributed by atoms with Crippen molar-refractivity contribution < 1.29 is 8.42 Å². The molecule has 19 heavy (non-hydrogen) atoms. The summed E-state index contributed by atoms with van der Waals surface area (Å²) in [5.41, 5.74) is 7.63. The normalized spacial score (nSPS) is 13.0. The van der Waals surface area contributed by atoms with Gasteiger partial charge in [-0.3, -0.25) is 0 Å². The molecule has 0 aliphatic carbocycles. The number of hydrogen-bond acceptors (Lipinski definition) is 3. The molecule has 0 saturated heterocycles. The van der Waals surface area contributed by atoms with Crippen LogP contribution >= 0.6 is 0 Å². The Morgan fingerprint density at radius 2 is 1.58 bits per heavy atom. The summed E-state index contributed by atoms with van der Waals surface area (Å²) < 4.78 is 26.7. The summed E-state index contributed by atoms with van der Waals surface area (Å²) in [4.78, 5) is 0.369. The maximum absolute atomic E-state index is 12.6. The van der Waals surface area contributed by atoms with Gasteiger partial charge in [-0.15, -0.1) is 0 Å². The Morgan fingerprint density at radius 3 is 1.95 bits per heavy atom. The molecule has 0 heterocycles. The highest BCUT2D eigenvalue weighted by Crippen LogP contribution is 2.27. The maximum Gasteiger partial charge on any atom is 0.243 e. The van der Waals surface area contributed by atoms with E-state index in [2.05, 4.69) is 0 Å². The number of sulfonamides is 1. The second-order valence-electron chi connectivity index (χ2n) is 6.31. The summed E-state index contributed by atoms with van der Waals surface area (Å²) in [5, 5.41) is 0. The van der Waals surface area contributed by atoms with Crippen LogP contribution in [0, 0.1) is 19.3 Å². The molecule has 4 nitrogen and oxygen atoms in total. The number of benzene rings is 1. The molecule has 5 heteroatoms. The molecule has 0 bridgehead atoms. The average Bonchev–Trinajstić information content (AvgIpc) is 2.11. The fourth-order valence-electron chi connectivity index (χ4n) is 2.30. The van der Waals surface area contributed by atoms with Crippen LogP contribution in [0.1, 0.15) is 31.9 Å². The number of nitrogens with zero attached hydrogens (tertiary/aromatic N) is 1. The van der Waals surface area contributed by atoms with Crippen molar-refractivity contribution in [1.82, 2.24) is 4.31 Å². The highest BCUT2D eigenvalue weighted by Gasteiger charge is 2.28. The molecule has 1 rings (SSSR count). The highest BCUT2D eigenvalue weighted by atomic mass is 32.2. The Bertz CT molecular complexity index is 549. The van der Waals surface area contributed by atoms with Crippen LogP contribution in [-0.4, -0.2) is 26.3 Å². The van der Waals surface area contributed by atoms with E-state index in [9.17, 15) is 8.42 Å². The molecule has 2 N–H and O–H groups in total. The third-order valence-corrected chi connectivity index (χ3v) is 4.96. The van der Waals surface area contributed by atoms with Crippen LogP contribution in [0.3, 0.4) is 0 Å². The molecule has 0 aliphatic rings. The minimum absolute atomic E-state index is 0.0859. The van der Waals surface area contributed by atoms with Crippen molar-refractivity contribution in [1.29, 1.82) is 0 Å². The van der Waals surface area contributed by atoms with Crippen LogP contribution in [0.15, 0.2) is 17.0 Å². The second kappa shape index (κ2) is 5.13. The van der Waals surface area contributed by atoms with Gasteiger partial charge in [0.25, 0.3) is 0 Å². The van der Waals surface area contributed by atoms with Crippen molar-refractivity contribution >= 4 is 15.7 Å². The van der Waals surface area contributed by atoms with Crippen molar-refractivity contribution in [2.45, 2.75) is 39.5 Å². The molecule has 1 aromatic carbocycles. The predicted molar refractivity (Wildman–Crippen MR) is 79.6 cm³/mol. The van der Waals surface area contributed by atoms with E-state index in [4.69, 9.17) is 5.73 Å². The van der Waals surface area contributed by atoms with Gasteiger partial charge in [-0.25, -0.2) is 12.7 Å². The van der Waals surface area contributed by atoms with Gasteiger partial charge in [-0.2, -0.15) is 0 Å². The van der Waals surface area contributed by atoms with E-state index < -0.39 is 10.0 Å². The molecule has 1 aromatic rings. The largest absolute Gasteiger partial charge is 0.399 e. The van der Waals surface area contributed by atoms with Crippen LogP contribution in [0.2, 0.25) is 0 Å². The van der Waals surface area contributed by atoms with Gasteiger partial charge in [0.2, 0.25) is 10.0 Å². The number of rotatable bonds is 3. The number of nitrogens with two attached hydrogens (primary N) is 1. The highest BCUT2D eigenvalue weighted by molar-refractivity contribution is 7.89. The summed E-state index contributed by atoms with van der Waals surface area (Å²) in [6, 6.07) is 3.40. The molecule has 0 saturated carbocycles. The van der Waals surface area contributed by atoms with E-state index in [1.807, 2.05) is 20.8 Å². The molecule has 0 spiro atoms. The zero-order valence-electron chi connectivity index (χ0n) is 12.6. The predicted octanol–water partition coefficient (Wildman–Crippen LogP) is 2.55. The lowest BCUT2D eigenvalue weighted by Crippen LogP contribution is -2.35. The first kappa shape index (κ1) is 16.0. The number of anilines is 1. The van der Waals surface area contributed by atoms with Crippen LogP contribution in [0.25, 0.3) is 0 Å². The van der Waals surface area contributed by atoms with Gasteiger partial charge in [-0.1, -0.05) is 20.8 Å². The van der Waals surface area contributed by atoms with Gasteiger partial charge in [0, 0.05) is 19.3 Å². The van der Waals surface area contributed by atoms with Crippen molar-refractivity contribution in [3.05, 3.63) is 23.3 Å². The topological polar surface area (TPSA) is 63.4 Å². The van der Waals surface area contributed by atoms with Gasteiger partial charge in [0.05, 0.1) is 4.90 Å². The van der Waals surface area contributed by atoms with Crippen LogP contribution in [0.4, 0.5) is 5.69 Å². The Labute approximate surface area is 116 Å². The first-order chi connectivity index (χ1) is 8.45. The molecule has 108 valence electrons. The van der Waals surface area contributed by atoms with Gasteiger partial charge in [0.15, 0.2) is 0 Å².